The topological polar surface area (TPSA) is 111 Å². The fourth-order valence-electron chi connectivity index (χ4n) is 4.38. The van der Waals surface area contributed by atoms with Crippen LogP contribution in [0.1, 0.15) is 43.5 Å². The normalized spacial score (nSPS) is 18.7. The Morgan fingerprint density at radius 3 is 2.42 bits per heavy atom. The van der Waals surface area contributed by atoms with Gasteiger partial charge in [-0.3, -0.25) is 9.80 Å². The molecule has 0 radical (unpaired) electrons. The summed E-state index contributed by atoms with van der Waals surface area (Å²) in [5, 5.41) is 12.5. The van der Waals surface area contributed by atoms with Gasteiger partial charge in [-0.1, -0.05) is 31.2 Å². The minimum Gasteiger partial charge on any atom is -0.465 e. The van der Waals surface area contributed by atoms with Crippen LogP contribution in [0.4, 0.5) is 21.4 Å². The maximum Gasteiger partial charge on any atom is 0.415 e. The maximum atomic E-state index is 11.8. The molecule has 3 heterocycles. The van der Waals surface area contributed by atoms with Crippen LogP contribution in [0.15, 0.2) is 36.5 Å². The van der Waals surface area contributed by atoms with E-state index in [0.29, 0.717) is 38.0 Å². The molecule has 2 N–H and O–H groups in total. The van der Waals surface area contributed by atoms with Crippen LogP contribution in [0.3, 0.4) is 0 Å². The number of hydrogen-bond acceptors (Lipinski definition) is 7. The fraction of sp³-hybridized carbons (Fsp3) is 0.478. The Bertz CT molecular complexity index is 977. The first-order valence-corrected chi connectivity index (χ1v) is 11.3. The van der Waals surface area contributed by atoms with Crippen LogP contribution in [0.25, 0.3) is 0 Å². The van der Waals surface area contributed by atoms with Crippen LogP contribution in [0.5, 0.6) is 0 Å². The number of aromatic nitrogens is 2. The first kappa shape index (κ1) is 22.8. The van der Waals surface area contributed by atoms with Gasteiger partial charge in [-0.05, 0) is 30.5 Å². The summed E-state index contributed by atoms with van der Waals surface area (Å²) < 4.78 is 4.98. The highest BCUT2D eigenvalue weighted by molar-refractivity contribution is 5.88. The van der Waals surface area contributed by atoms with E-state index >= 15 is 0 Å². The van der Waals surface area contributed by atoms with Gasteiger partial charge in [-0.25, -0.2) is 14.6 Å². The summed E-state index contributed by atoms with van der Waals surface area (Å²) in [6, 6.07) is 10.4. The zero-order valence-electron chi connectivity index (χ0n) is 19.0. The van der Waals surface area contributed by atoms with E-state index in [1.807, 2.05) is 6.92 Å². The molecule has 176 valence electrons. The van der Waals surface area contributed by atoms with E-state index in [4.69, 9.17) is 4.74 Å². The third kappa shape index (κ3) is 5.16. The molecule has 10 nitrogen and oxygen atoms in total. The standard InChI is InChI=1S/C23H30N6O4/c1-3-19(27-10-12-28(13-11-27)22(30)31)18-6-4-17(5-7-18)16(2)25-21-24-9-8-20(26-21)29-14-15-33-23(29)32/h4-9,16,19H,3,10-15H2,1-2H3,(H,30,31)(H,24,25,26)/t16-,19?/m0/s1. The van der Waals surface area contributed by atoms with Gasteiger partial charge in [0.25, 0.3) is 0 Å². The van der Waals surface area contributed by atoms with Crippen molar-refractivity contribution >= 4 is 24.0 Å². The third-order valence-corrected chi connectivity index (χ3v) is 6.26. The van der Waals surface area contributed by atoms with Gasteiger partial charge in [0.2, 0.25) is 5.95 Å². The molecule has 2 amide bonds. The number of rotatable bonds is 7. The van der Waals surface area contributed by atoms with Gasteiger partial charge < -0.3 is 20.1 Å². The molecule has 0 saturated carbocycles. The number of amides is 2. The Morgan fingerprint density at radius 1 is 1.12 bits per heavy atom. The lowest BCUT2D eigenvalue weighted by Gasteiger charge is -2.38. The molecule has 2 saturated heterocycles. The highest BCUT2D eigenvalue weighted by Crippen LogP contribution is 2.27. The van der Waals surface area contributed by atoms with Crippen LogP contribution < -0.4 is 10.2 Å². The molecule has 0 aliphatic carbocycles. The van der Waals surface area contributed by atoms with E-state index in [9.17, 15) is 14.7 Å². The van der Waals surface area contributed by atoms with Crippen molar-refractivity contribution in [3.8, 4) is 0 Å². The molecular weight excluding hydrogens is 424 g/mol. The van der Waals surface area contributed by atoms with Gasteiger partial charge in [-0.15, -0.1) is 0 Å². The average Bonchev–Trinajstić information content (AvgIpc) is 3.26. The molecule has 1 aromatic heterocycles. The van der Waals surface area contributed by atoms with Crippen molar-refractivity contribution in [1.82, 2.24) is 19.8 Å². The molecule has 2 fully saturated rings. The zero-order valence-corrected chi connectivity index (χ0v) is 19.0. The van der Waals surface area contributed by atoms with E-state index in [1.165, 1.54) is 15.4 Å². The van der Waals surface area contributed by atoms with Crippen LogP contribution in [0, 0.1) is 0 Å². The SMILES string of the molecule is CCC(c1ccc([C@H](C)Nc2nccc(N3CCOC3=O)n2)cc1)N1CCN(C(=O)O)CC1. The molecule has 1 unspecified atom stereocenters. The second-order valence-electron chi connectivity index (χ2n) is 8.27. The van der Waals surface area contributed by atoms with Gasteiger partial charge >= 0.3 is 12.2 Å². The van der Waals surface area contributed by atoms with Gasteiger partial charge in [0.05, 0.1) is 12.6 Å². The van der Waals surface area contributed by atoms with Crippen molar-refractivity contribution in [3.05, 3.63) is 47.7 Å². The Balaban J connectivity index is 1.39. The number of carboxylic acid groups (broad SMARTS) is 1. The number of ether oxygens (including phenoxy) is 1. The van der Waals surface area contributed by atoms with E-state index < -0.39 is 12.2 Å². The van der Waals surface area contributed by atoms with Gasteiger partial charge in [-0.2, -0.15) is 4.98 Å². The first-order valence-electron chi connectivity index (χ1n) is 11.3. The quantitative estimate of drug-likeness (QED) is 0.655. The van der Waals surface area contributed by atoms with E-state index in [0.717, 1.165) is 25.1 Å². The van der Waals surface area contributed by atoms with Crippen molar-refractivity contribution in [3.63, 3.8) is 0 Å². The Kier molecular flexibility index (Phi) is 6.93. The largest absolute Gasteiger partial charge is 0.465 e. The molecule has 0 bridgehead atoms. The molecule has 10 heteroatoms. The van der Waals surface area contributed by atoms with E-state index in [1.54, 1.807) is 12.3 Å². The number of hydrogen-bond donors (Lipinski definition) is 2. The number of carbonyl (C=O) groups excluding carboxylic acids is 1. The van der Waals surface area contributed by atoms with Gasteiger partial charge in [0, 0.05) is 38.4 Å². The Hall–Kier alpha value is -3.40. The minimum absolute atomic E-state index is 0.0287. The van der Waals surface area contributed by atoms with Crippen molar-refractivity contribution in [2.75, 3.05) is 49.5 Å². The number of piperazine rings is 1. The summed E-state index contributed by atoms with van der Waals surface area (Å²) in [6.45, 7) is 7.60. The molecule has 2 aliphatic heterocycles. The van der Waals surface area contributed by atoms with Gasteiger partial charge in [0.1, 0.15) is 12.4 Å². The van der Waals surface area contributed by atoms with Crippen LogP contribution >= 0.6 is 0 Å². The lowest BCUT2D eigenvalue weighted by atomic mass is 9.98. The molecule has 2 aliphatic rings. The number of anilines is 2. The number of nitrogens with one attached hydrogen (secondary N) is 1. The predicted octanol–water partition coefficient (Wildman–Crippen LogP) is 3.35. The second kappa shape index (κ2) is 10.0. The third-order valence-electron chi connectivity index (χ3n) is 6.26. The molecular formula is C23H30N6O4. The lowest BCUT2D eigenvalue weighted by molar-refractivity contribution is 0.0835. The average molecular weight is 455 g/mol. The lowest BCUT2D eigenvalue weighted by Crippen LogP contribution is -2.49. The van der Waals surface area contributed by atoms with Crippen molar-refractivity contribution < 1.29 is 19.4 Å². The molecule has 2 atom stereocenters. The molecule has 2 aromatic rings. The number of carbonyl (C=O) groups is 2. The van der Waals surface area contributed by atoms with Crippen LogP contribution in [0.2, 0.25) is 0 Å². The molecule has 33 heavy (non-hydrogen) atoms. The maximum absolute atomic E-state index is 11.8. The first-order chi connectivity index (χ1) is 16.0. The monoisotopic (exact) mass is 454 g/mol. The second-order valence-corrected chi connectivity index (χ2v) is 8.27. The molecule has 0 spiro atoms. The van der Waals surface area contributed by atoms with Crippen molar-refractivity contribution in [2.45, 2.75) is 32.4 Å². The number of nitrogens with zero attached hydrogens (tertiary/aromatic N) is 5. The Morgan fingerprint density at radius 2 is 1.82 bits per heavy atom. The smallest absolute Gasteiger partial charge is 0.415 e. The summed E-state index contributed by atoms with van der Waals surface area (Å²) >= 11 is 0. The summed E-state index contributed by atoms with van der Waals surface area (Å²) in [7, 11) is 0. The van der Waals surface area contributed by atoms with Crippen LogP contribution in [-0.4, -0.2) is 76.4 Å². The molecule has 1 aromatic carbocycles. The highest BCUT2D eigenvalue weighted by atomic mass is 16.6. The predicted molar refractivity (Wildman–Crippen MR) is 123 cm³/mol. The van der Waals surface area contributed by atoms with Crippen LogP contribution in [-0.2, 0) is 4.74 Å². The fourth-order valence-corrected chi connectivity index (χ4v) is 4.38. The summed E-state index contributed by atoms with van der Waals surface area (Å²) in [5.41, 5.74) is 2.32. The van der Waals surface area contributed by atoms with E-state index in [-0.39, 0.29) is 12.1 Å². The number of benzene rings is 1. The van der Waals surface area contributed by atoms with E-state index in [2.05, 4.69) is 51.4 Å². The van der Waals surface area contributed by atoms with Crippen molar-refractivity contribution in [1.29, 1.82) is 0 Å². The highest BCUT2D eigenvalue weighted by Gasteiger charge is 2.27. The summed E-state index contributed by atoms with van der Waals surface area (Å²) in [4.78, 5) is 37.0. The minimum atomic E-state index is -0.844. The molecule has 4 rings (SSSR count). The Labute approximate surface area is 193 Å². The van der Waals surface area contributed by atoms with Crippen molar-refractivity contribution in [2.24, 2.45) is 0 Å². The van der Waals surface area contributed by atoms with Gasteiger partial charge in [0.15, 0.2) is 0 Å². The summed E-state index contributed by atoms with van der Waals surface area (Å²) in [6.07, 6.45) is 1.35. The zero-order chi connectivity index (χ0) is 23.4. The summed E-state index contributed by atoms with van der Waals surface area (Å²) in [5.74, 6) is 0.970. The number of cyclic esters (lactones) is 1.